The van der Waals surface area contributed by atoms with Crippen molar-refractivity contribution in [3.8, 4) is 5.75 Å². The average Bonchev–Trinajstić information content (AvgIpc) is 2.51. The smallest absolute Gasteiger partial charge is 0.253 e. The molecule has 0 aliphatic carbocycles. The molecule has 0 atom stereocenters. The molecule has 110 valence electrons. The third kappa shape index (κ3) is 4.09. The van der Waals surface area contributed by atoms with Gasteiger partial charge in [-0.05, 0) is 49.2 Å². The first-order valence-corrected chi connectivity index (χ1v) is 7.08. The Labute approximate surface area is 126 Å². The molecule has 0 saturated carbocycles. The Balaban J connectivity index is 1.85. The van der Waals surface area contributed by atoms with Crippen molar-refractivity contribution < 1.29 is 9.53 Å². The van der Waals surface area contributed by atoms with Crippen LogP contribution in [-0.2, 0) is 0 Å². The van der Waals surface area contributed by atoms with Gasteiger partial charge in [-0.1, -0.05) is 24.3 Å². The first-order valence-electron chi connectivity index (χ1n) is 7.08. The van der Waals surface area contributed by atoms with E-state index in [-0.39, 0.29) is 5.91 Å². The Kier molecular flexibility index (Phi) is 4.99. The largest absolute Gasteiger partial charge is 0.492 e. The Bertz CT molecular complexity index is 608. The summed E-state index contributed by atoms with van der Waals surface area (Å²) < 4.78 is 5.70. The molecule has 0 unspecified atom stereocenters. The SMILES string of the molecule is Cc1ccc(OCCN(C)C(=O)c2ccccc2)cc1C. The van der Waals surface area contributed by atoms with Gasteiger partial charge in [0.1, 0.15) is 12.4 Å². The highest BCUT2D eigenvalue weighted by Gasteiger charge is 2.10. The van der Waals surface area contributed by atoms with E-state index < -0.39 is 0 Å². The fourth-order valence-electron chi connectivity index (χ4n) is 2.01. The maximum Gasteiger partial charge on any atom is 0.253 e. The lowest BCUT2D eigenvalue weighted by atomic mass is 10.1. The Morgan fingerprint density at radius 2 is 1.76 bits per heavy atom. The maximum atomic E-state index is 12.2. The van der Waals surface area contributed by atoms with Gasteiger partial charge in [0.05, 0.1) is 6.54 Å². The standard InChI is InChI=1S/C18H21NO2/c1-14-9-10-17(13-15(14)2)21-12-11-19(3)18(20)16-7-5-4-6-8-16/h4-10,13H,11-12H2,1-3H3. The minimum Gasteiger partial charge on any atom is -0.492 e. The van der Waals surface area contributed by atoms with Gasteiger partial charge in [-0.25, -0.2) is 0 Å². The molecule has 0 aliphatic heterocycles. The summed E-state index contributed by atoms with van der Waals surface area (Å²) in [6.07, 6.45) is 0. The van der Waals surface area contributed by atoms with E-state index in [9.17, 15) is 4.79 Å². The van der Waals surface area contributed by atoms with E-state index in [2.05, 4.69) is 13.8 Å². The monoisotopic (exact) mass is 283 g/mol. The second-order valence-electron chi connectivity index (χ2n) is 5.19. The van der Waals surface area contributed by atoms with Crippen molar-refractivity contribution in [2.75, 3.05) is 20.2 Å². The molecule has 0 N–H and O–H groups in total. The van der Waals surface area contributed by atoms with Gasteiger partial charge < -0.3 is 9.64 Å². The van der Waals surface area contributed by atoms with Crippen LogP contribution in [0.2, 0.25) is 0 Å². The van der Waals surface area contributed by atoms with Crippen LogP contribution in [0.1, 0.15) is 21.5 Å². The van der Waals surface area contributed by atoms with Crippen LogP contribution in [0.25, 0.3) is 0 Å². The van der Waals surface area contributed by atoms with Crippen LogP contribution in [0.5, 0.6) is 5.75 Å². The summed E-state index contributed by atoms with van der Waals surface area (Å²) in [5, 5.41) is 0. The van der Waals surface area contributed by atoms with Crippen molar-refractivity contribution in [1.29, 1.82) is 0 Å². The zero-order chi connectivity index (χ0) is 15.2. The number of likely N-dealkylation sites (N-methyl/N-ethyl adjacent to an activating group) is 1. The molecule has 1 amide bonds. The van der Waals surface area contributed by atoms with E-state index in [0.717, 1.165) is 5.75 Å². The summed E-state index contributed by atoms with van der Waals surface area (Å²) in [6.45, 7) is 5.18. The first-order chi connectivity index (χ1) is 10.1. The molecule has 2 aromatic rings. The second kappa shape index (κ2) is 6.93. The van der Waals surface area contributed by atoms with Gasteiger partial charge in [-0.15, -0.1) is 0 Å². The number of nitrogens with zero attached hydrogens (tertiary/aromatic N) is 1. The molecule has 3 heteroatoms. The lowest BCUT2D eigenvalue weighted by molar-refractivity contribution is 0.0774. The predicted octanol–water partition coefficient (Wildman–Crippen LogP) is 3.45. The van der Waals surface area contributed by atoms with Crippen molar-refractivity contribution >= 4 is 5.91 Å². The van der Waals surface area contributed by atoms with Gasteiger partial charge in [-0.2, -0.15) is 0 Å². The molecule has 21 heavy (non-hydrogen) atoms. The molecular weight excluding hydrogens is 262 g/mol. The van der Waals surface area contributed by atoms with E-state index in [1.807, 2.05) is 48.5 Å². The molecule has 0 spiro atoms. The van der Waals surface area contributed by atoms with Gasteiger partial charge in [0.25, 0.3) is 5.91 Å². The minimum atomic E-state index is 0.0132. The van der Waals surface area contributed by atoms with Crippen LogP contribution >= 0.6 is 0 Å². The molecule has 0 heterocycles. The number of ether oxygens (including phenoxy) is 1. The van der Waals surface area contributed by atoms with E-state index in [0.29, 0.717) is 18.7 Å². The maximum absolute atomic E-state index is 12.2. The number of hydrogen-bond acceptors (Lipinski definition) is 2. The quantitative estimate of drug-likeness (QED) is 0.841. The topological polar surface area (TPSA) is 29.5 Å². The molecule has 0 bridgehead atoms. The molecule has 0 fully saturated rings. The molecule has 0 saturated heterocycles. The first kappa shape index (κ1) is 15.1. The van der Waals surface area contributed by atoms with Crippen LogP contribution in [-0.4, -0.2) is 31.0 Å². The van der Waals surface area contributed by atoms with Crippen LogP contribution < -0.4 is 4.74 Å². The number of hydrogen-bond donors (Lipinski definition) is 0. The van der Waals surface area contributed by atoms with Crippen molar-refractivity contribution in [2.45, 2.75) is 13.8 Å². The van der Waals surface area contributed by atoms with Crippen molar-refractivity contribution in [2.24, 2.45) is 0 Å². The van der Waals surface area contributed by atoms with Crippen LogP contribution in [0.4, 0.5) is 0 Å². The van der Waals surface area contributed by atoms with Gasteiger partial charge >= 0.3 is 0 Å². The van der Waals surface area contributed by atoms with Crippen molar-refractivity contribution in [3.63, 3.8) is 0 Å². The fourth-order valence-corrected chi connectivity index (χ4v) is 2.01. The molecule has 0 radical (unpaired) electrons. The highest BCUT2D eigenvalue weighted by Crippen LogP contribution is 2.16. The van der Waals surface area contributed by atoms with Crippen molar-refractivity contribution in [1.82, 2.24) is 4.90 Å². The number of carbonyl (C=O) groups is 1. The fraction of sp³-hybridized carbons (Fsp3) is 0.278. The molecule has 2 aromatic carbocycles. The number of aryl methyl sites for hydroxylation is 2. The number of rotatable bonds is 5. The summed E-state index contributed by atoms with van der Waals surface area (Å²) in [5.41, 5.74) is 3.16. The van der Waals surface area contributed by atoms with Crippen molar-refractivity contribution in [3.05, 3.63) is 65.2 Å². The third-order valence-corrected chi connectivity index (χ3v) is 3.54. The van der Waals surface area contributed by atoms with Gasteiger partial charge in [0, 0.05) is 12.6 Å². The van der Waals surface area contributed by atoms with E-state index in [4.69, 9.17) is 4.74 Å². The van der Waals surface area contributed by atoms with E-state index >= 15 is 0 Å². The van der Waals surface area contributed by atoms with E-state index in [1.54, 1.807) is 11.9 Å². The lowest BCUT2D eigenvalue weighted by Gasteiger charge is -2.17. The number of carbonyl (C=O) groups excluding carboxylic acids is 1. The molecular formula is C18H21NO2. The molecule has 0 aromatic heterocycles. The predicted molar refractivity (Wildman–Crippen MR) is 84.8 cm³/mol. The Morgan fingerprint density at radius 3 is 2.43 bits per heavy atom. The van der Waals surface area contributed by atoms with Crippen LogP contribution in [0.3, 0.4) is 0 Å². The summed E-state index contributed by atoms with van der Waals surface area (Å²) in [4.78, 5) is 13.8. The summed E-state index contributed by atoms with van der Waals surface area (Å²) >= 11 is 0. The Hall–Kier alpha value is -2.29. The number of benzene rings is 2. The van der Waals surface area contributed by atoms with Gasteiger partial charge in [-0.3, -0.25) is 4.79 Å². The zero-order valence-corrected chi connectivity index (χ0v) is 12.8. The summed E-state index contributed by atoms with van der Waals surface area (Å²) in [6, 6.07) is 15.3. The van der Waals surface area contributed by atoms with E-state index in [1.165, 1.54) is 11.1 Å². The molecule has 3 nitrogen and oxygen atoms in total. The summed E-state index contributed by atoms with van der Waals surface area (Å²) in [7, 11) is 1.79. The molecule has 2 rings (SSSR count). The highest BCUT2D eigenvalue weighted by atomic mass is 16.5. The Morgan fingerprint density at radius 1 is 1.05 bits per heavy atom. The highest BCUT2D eigenvalue weighted by molar-refractivity contribution is 5.93. The van der Waals surface area contributed by atoms with Gasteiger partial charge in [0.2, 0.25) is 0 Å². The van der Waals surface area contributed by atoms with Gasteiger partial charge in [0.15, 0.2) is 0 Å². The van der Waals surface area contributed by atoms with Crippen LogP contribution in [0.15, 0.2) is 48.5 Å². The molecule has 0 aliphatic rings. The normalized spacial score (nSPS) is 10.2. The zero-order valence-electron chi connectivity index (χ0n) is 12.8. The average molecular weight is 283 g/mol. The third-order valence-electron chi connectivity index (χ3n) is 3.54. The minimum absolute atomic E-state index is 0.0132. The second-order valence-corrected chi connectivity index (χ2v) is 5.19. The lowest BCUT2D eigenvalue weighted by Crippen LogP contribution is -2.30. The summed E-state index contributed by atoms with van der Waals surface area (Å²) in [5.74, 6) is 0.859. The van der Waals surface area contributed by atoms with Crippen LogP contribution in [0, 0.1) is 13.8 Å². The number of amides is 1.